The molecule has 11 nitrogen and oxygen atoms in total. The number of carboxylic acid groups (broad SMARTS) is 1. The van der Waals surface area contributed by atoms with Crippen LogP contribution in [0.3, 0.4) is 0 Å². The zero-order valence-electron chi connectivity index (χ0n) is 22.6. The summed E-state index contributed by atoms with van der Waals surface area (Å²) < 4.78 is 7.37. The highest BCUT2D eigenvalue weighted by Crippen LogP contribution is 2.34. The maximum atomic E-state index is 13.1. The van der Waals surface area contributed by atoms with E-state index in [-0.39, 0.29) is 23.9 Å². The van der Waals surface area contributed by atoms with Crippen molar-refractivity contribution >= 4 is 28.6 Å². The number of carbonyl (C=O) groups excluding carboxylic acids is 1. The summed E-state index contributed by atoms with van der Waals surface area (Å²) in [5.41, 5.74) is 10.7. The number of hydrogen-bond acceptors (Lipinski definition) is 6. The lowest BCUT2D eigenvalue weighted by molar-refractivity contribution is 0.0697. The SMILES string of the molecule is CCn1cc(Cc2ccc(C(=O)NCc3ncn[nH]3)cc2-c2ccc(OC)cc2C(=O)O)c2ccc(C(=N)N)cc21. The predicted octanol–water partition coefficient (Wildman–Crippen LogP) is 3.96. The highest BCUT2D eigenvalue weighted by Gasteiger charge is 2.20. The van der Waals surface area contributed by atoms with Crippen LogP contribution in [0.1, 0.15) is 50.2 Å². The second kappa shape index (κ2) is 11.3. The average molecular weight is 552 g/mol. The molecule has 2 aromatic heterocycles. The highest BCUT2D eigenvalue weighted by atomic mass is 16.5. The topological polar surface area (TPSA) is 172 Å². The number of carboxylic acids is 1. The number of amides is 1. The van der Waals surface area contributed by atoms with E-state index in [9.17, 15) is 14.7 Å². The first-order chi connectivity index (χ1) is 19.8. The Balaban J connectivity index is 1.61. The molecule has 0 aliphatic heterocycles. The van der Waals surface area contributed by atoms with Crippen LogP contribution in [0.25, 0.3) is 22.0 Å². The number of nitrogens with one attached hydrogen (secondary N) is 3. The Morgan fingerprint density at radius 3 is 2.56 bits per heavy atom. The van der Waals surface area contributed by atoms with Gasteiger partial charge in [-0.2, -0.15) is 5.10 Å². The van der Waals surface area contributed by atoms with Crippen LogP contribution in [-0.4, -0.2) is 49.7 Å². The summed E-state index contributed by atoms with van der Waals surface area (Å²) in [6, 6.07) is 15.9. The zero-order chi connectivity index (χ0) is 29.1. The number of nitrogens with zero attached hydrogens (tertiary/aromatic N) is 3. The minimum Gasteiger partial charge on any atom is -0.497 e. The molecule has 0 unspecified atom stereocenters. The molecular formula is C30H29N7O4. The number of carbonyl (C=O) groups is 2. The molecule has 0 aliphatic carbocycles. The van der Waals surface area contributed by atoms with Gasteiger partial charge in [-0.1, -0.05) is 18.2 Å². The smallest absolute Gasteiger partial charge is 0.336 e. The molecule has 2 heterocycles. The molecule has 41 heavy (non-hydrogen) atoms. The van der Waals surface area contributed by atoms with Gasteiger partial charge in [0.05, 0.1) is 19.2 Å². The fourth-order valence-electron chi connectivity index (χ4n) is 4.91. The Labute approximate surface area is 235 Å². The number of aromatic amines is 1. The highest BCUT2D eigenvalue weighted by molar-refractivity contribution is 6.01. The van der Waals surface area contributed by atoms with Crippen molar-refractivity contribution in [2.45, 2.75) is 26.4 Å². The lowest BCUT2D eigenvalue weighted by Crippen LogP contribution is -2.23. The van der Waals surface area contributed by atoms with Crippen LogP contribution in [0.15, 0.2) is 67.1 Å². The fourth-order valence-corrected chi connectivity index (χ4v) is 4.91. The van der Waals surface area contributed by atoms with E-state index < -0.39 is 5.97 Å². The summed E-state index contributed by atoms with van der Waals surface area (Å²) in [7, 11) is 1.48. The zero-order valence-corrected chi connectivity index (χ0v) is 22.6. The van der Waals surface area contributed by atoms with Gasteiger partial charge in [0.25, 0.3) is 5.91 Å². The molecule has 6 N–H and O–H groups in total. The molecule has 0 radical (unpaired) electrons. The van der Waals surface area contributed by atoms with Gasteiger partial charge < -0.3 is 25.5 Å². The van der Waals surface area contributed by atoms with Crippen molar-refractivity contribution in [3.05, 3.63) is 101 Å². The molecule has 0 fully saturated rings. The molecule has 1 amide bonds. The third kappa shape index (κ3) is 5.50. The van der Waals surface area contributed by atoms with Crippen molar-refractivity contribution in [3.63, 3.8) is 0 Å². The predicted molar refractivity (Wildman–Crippen MR) is 154 cm³/mol. The quantitative estimate of drug-likeness (QED) is 0.129. The van der Waals surface area contributed by atoms with Crippen LogP contribution in [0.5, 0.6) is 5.75 Å². The van der Waals surface area contributed by atoms with E-state index in [2.05, 4.69) is 31.3 Å². The van der Waals surface area contributed by atoms with Crippen LogP contribution in [-0.2, 0) is 19.5 Å². The molecule has 0 atom stereocenters. The largest absolute Gasteiger partial charge is 0.497 e. The number of amidine groups is 1. The van der Waals surface area contributed by atoms with Gasteiger partial charge in [-0.25, -0.2) is 9.78 Å². The first-order valence-corrected chi connectivity index (χ1v) is 12.9. The van der Waals surface area contributed by atoms with E-state index in [1.807, 2.05) is 31.2 Å². The molecule has 0 spiro atoms. The van der Waals surface area contributed by atoms with Gasteiger partial charge >= 0.3 is 5.97 Å². The van der Waals surface area contributed by atoms with Crippen LogP contribution in [0.2, 0.25) is 0 Å². The van der Waals surface area contributed by atoms with Crippen LogP contribution in [0.4, 0.5) is 0 Å². The number of aromatic carboxylic acids is 1. The van der Waals surface area contributed by atoms with E-state index in [4.69, 9.17) is 15.9 Å². The maximum Gasteiger partial charge on any atom is 0.336 e. The van der Waals surface area contributed by atoms with Crippen molar-refractivity contribution in [3.8, 4) is 16.9 Å². The third-order valence-corrected chi connectivity index (χ3v) is 7.00. The summed E-state index contributed by atoms with van der Waals surface area (Å²) in [6.45, 7) is 2.92. The minimum atomic E-state index is -1.11. The van der Waals surface area contributed by atoms with Crippen molar-refractivity contribution in [1.29, 1.82) is 5.41 Å². The van der Waals surface area contributed by atoms with Gasteiger partial charge in [-0.3, -0.25) is 15.3 Å². The first kappa shape index (κ1) is 27.1. The summed E-state index contributed by atoms with van der Waals surface area (Å²) >= 11 is 0. The minimum absolute atomic E-state index is 0.00234. The number of methoxy groups -OCH3 is 1. The lowest BCUT2D eigenvalue weighted by Gasteiger charge is -2.15. The van der Waals surface area contributed by atoms with Gasteiger partial charge in [0.1, 0.15) is 23.7 Å². The number of hydrogen-bond donors (Lipinski definition) is 5. The van der Waals surface area contributed by atoms with Crippen molar-refractivity contribution in [2.75, 3.05) is 7.11 Å². The monoisotopic (exact) mass is 551 g/mol. The second-order valence-electron chi connectivity index (χ2n) is 9.47. The lowest BCUT2D eigenvalue weighted by atomic mass is 9.90. The van der Waals surface area contributed by atoms with Gasteiger partial charge in [-0.05, 0) is 65.6 Å². The standard InChI is InChI=1S/C30H29N7O4/c1-3-37-15-20(22-8-6-18(28(31)32)12-26(22)37)10-17-4-5-19(29(38)33-14-27-34-16-35-36-27)11-24(17)23-9-7-21(41-2)13-25(23)30(39)40/h4-9,11-13,15-16H,3,10,14H2,1-2H3,(H3,31,32)(H,33,38)(H,39,40)(H,34,35,36). The van der Waals surface area contributed by atoms with Gasteiger partial charge in [0, 0.05) is 41.2 Å². The van der Waals surface area contributed by atoms with Crippen molar-refractivity contribution in [2.24, 2.45) is 5.73 Å². The average Bonchev–Trinajstić information content (AvgIpc) is 3.63. The number of nitrogens with two attached hydrogens (primary N) is 1. The maximum absolute atomic E-state index is 13.1. The Kier molecular flexibility index (Phi) is 7.51. The molecule has 5 aromatic rings. The number of H-pyrrole nitrogens is 1. The molecule has 5 rings (SSSR count). The van der Waals surface area contributed by atoms with Gasteiger partial charge in [0.2, 0.25) is 0 Å². The first-order valence-electron chi connectivity index (χ1n) is 12.9. The summed E-state index contributed by atoms with van der Waals surface area (Å²) in [4.78, 5) is 29.4. The summed E-state index contributed by atoms with van der Waals surface area (Å²) in [5.74, 6) is -0.513. The normalized spacial score (nSPS) is 11.0. The molecular weight excluding hydrogens is 522 g/mol. The Morgan fingerprint density at radius 1 is 1.07 bits per heavy atom. The van der Waals surface area contributed by atoms with Crippen LogP contribution in [0, 0.1) is 5.41 Å². The van der Waals surface area contributed by atoms with E-state index >= 15 is 0 Å². The number of aryl methyl sites for hydroxylation is 1. The Hall–Kier alpha value is -5.45. The molecule has 0 aliphatic rings. The summed E-state index contributed by atoms with van der Waals surface area (Å²) in [6.07, 6.45) is 3.90. The number of benzene rings is 3. The van der Waals surface area contributed by atoms with E-state index in [0.717, 1.165) is 28.6 Å². The van der Waals surface area contributed by atoms with Gasteiger partial charge in [-0.15, -0.1) is 0 Å². The molecule has 0 saturated carbocycles. The molecule has 0 saturated heterocycles. The van der Waals surface area contributed by atoms with Crippen molar-refractivity contribution in [1.82, 2.24) is 25.1 Å². The Morgan fingerprint density at radius 2 is 1.88 bits per heavy atom. The van der Waals surface area contributed by atoms with E-state index in [0.29, 0.717) is 40.2 Å². The third-order valence-electron chi connectivity index (χ3n) is 7.00. The van der Waals surface area contributed by atoms with E-state index in [1.165, 1.54) is 19.5 Å². The number of ether oxygens (including phenoxy) is 1. The van der Waals surface area contributed by atoms with Gasteiger partial charge in [0.15, 0.2) is 0 Å². The van der Waals surface area contributed by atoms with Crippen molar-refractivity contribution < 1.29 is 19.4 Å². The number of aromatic nitrogens is 4. The molecule has 3 aromatic carbocycles. The Bertz CT molecular complexity index is 1770. The molecule has 0 bridgehead atoms. The number of rotatable bonds is 10. The molecule has 11 heteroatoms. The second-order valence-corrected chi connectivity index (χ2v) is 9.47. The number of nitrogen functional groups attached to an aromatic ring is 1. The van der Waals surface area contributed by atoms with Crippen LogP contribution >= 0.6 is 0 Å². The summed E-state index contributed by atoms with van der Waals surface area (Å²) in [5, 5.41) is 28.2. The molecule has 208 valence electrons. The number of fused-ring (bicyclic) bond motifs is 1. The van der Waals surface area contributed by atoms with Crippen LogP contribution < -0.4 is 15.8 Å². The fraction of sp³-hybridized carbons (Fsp3) is 0.167. The van der Waals surface area contributed by atoms with E-state index in [1.54, 1.807) is 24.3 Å².